The van der Waals surface area contributed by atoms with E-state index in [0.29, 0.717) is 28.4 Å². The van der Waals surface area contributed by atoms with Crippen molar-refractivity contribution in [2.75, 3.05) is 27.9 Å². The third-order valence-corrected chi connectivity index (χ3v) is 4.54. The Labute approximate surface area is 165 Å². The van der Waals surface area contributed by atoms with Crippen molar-refractivity contribution in [3.63, 3.8) is 0 Å². The minimum atomic E-state index is -0.557. The van der Waals surface area contributed by atoms with Gasteiger partial charge in [-0.05, 0) is 11.6 Å². The Balaban J connectivity index is 2.02. The zero-order valence-electron chi connectivity index (χ0n) is 16.9. The lowest BCUT2D eigenvalue weighted by atomic mass is 9.84. The monoisotopic (exact) mass is 390 g/mol. The first kappa shape index (κ1) is 21.3. The van der Waals surface area contributed by atoms with Gasteiger partial charge in [0.25, 0.3) is 0 Å². The van der Waals surface area contributed by atoms with E-state index < -0.39 is 5.41 Å². The van der Waals surface area contributed by atoms with Crippen LogP contribution in [0.5, 0.6) is 17.2 Å². The van der Waals surface area contributed by atoms with Gasteiger partial charge in [-0.2, -0.15) is 0 Å². The number of ether oxygens (including phenoxy) is 3. The van der Waals surface area contributed by atoms with Crippen LogP contribution in [0, 0.1) is 5.82 Å². The summed E-state index contributed by atoms with van der Waals surface area (Å²) in [5.41, 5.74) is 0.682. The van der Waals surface area contributed by atoms with Gasteiger partial charge in [0.1, 0.15) is 23.1 Å². The van der Waals surface area contributed by atoms with E-state index in [1.807, 2.05) is 13.8 Å². The highest BCUT2D eigenvalue weighted by molar-refractivity contribution is 5.74. The maximum Gasteiger partial charge on any atom is 0.315 e. The van der Waals surface area contributed by atoms with Crippen molar-refractivity contribution in [3.05, 3.63) is 53.3 Å². The molecule has 0 saturated carbocycles. The molecule has 2 N–H and O–H groups in total. The predicted molar refractivity (Wildman–Crippen MR) is 106 cm³/mol. The zero-order chi connectivity index (χ0) is 20.7. The first-order chi connectivity index (χ1) is 13.3. The third kappa shape index (κ3) is 5.06. The van der Waals surface area contributed by atoms with Gasteiger partial charge in [-0.1, -0.05) is 32.0 Å². The summed E-state index contributed by atoms with van der Waals surface area (Å²) >= 11 is 0. The zero-order valence-corrected chi connectivity index (χ0v) is 16.9. The van der Waals surface area contributed by atoms with E-state index >= 15 is 0 Å². The first-order valence-electron chi connectivity index (χ1n) is 8.88. The molecule has 0 aromatic heterocycles. The van der Waals surface area contributed by atoms with Gasteiger partial charge >= 0.3 is 6.03 Å². The molecular formula is C21H27FN2O4. The Bertz CT molecular complexity index is 799. The van der Waals surface area contributed by atoms with Crippen molar-refractivity contribution in [1.29, 1.82) is 0 Å². The molecule has 7 heteroatoms. The summed E-state index contributed by atoms with van der Waals surface area (Å²) in [5.74, 6) is 1.39. The van der Waals surface area contributed by atoms with Crippen molar-refractivity contribution in [3.8, 4) is 17.2 Å². The number of benzene rings is 2. The van der Waals surface area contributed by atoms with Crippen molar-refractivity contribution >= 4 is 6.03 Å². The number of amides is 2. The Morgan fingerprint density at radius 1 is 1.00 bits per heavy atom. The van der Waals surface area contributed by atoms with Gasteiger partial charge in [0.15, 0.2) is 0 Å². The van der Waals surface area contributed by atoms with Crippen molar-refractivity contribution in [2.24, 2.45) is 0 Å². The lowest BCUT2D eigenvalue weighted by Crippen LogP contribution is -2.42. The number of nitrogens with one attached hydrogen (secondary N) is 2. The molecule has 0 spiro atoms. The van der Waals surface area contributed by atoms with Gasteiger partial charge < -0.3 is 24.8 Å². The molecule has 2 amide bonds. The summed E-state index contributed by atoms with van der Waals surface area (Å²) in [4.78, 5) is 12.3. The van der Waals surface area contributed by atoms with Gasteiger partial charge in [-0.25, -0.2) is 9.18 Å². The van der Waals surface area contributed by atoms with Crippen LogP contribution in [0.2, 0.25) is 0 Å². The lowest BCUT2D eigenvalue weighted by Gasteiger charge is -2.26. The van der Waals surface area contributed by atoms with E-state index in [2.05, 4.69) is 10.6 Å². The standard InChI is InChI=1S/C21H27FN2O4/c1-21(2,16-8-6-7-9-17(16)22)13-24-20(25)23-12-15-18(27-4)10-14(26-3)11-19(15)28-5/h6-11H,12-13H2,1-5H3,(H2,23,24,25). The highest BCUT2D eigenvalue weighted by Crippen LogP contribution is 2.33. The molecular weight excluding hydrogens is 363 g/mol. The molecule has 152 valence electrons. The first-order valence-corrected chi connectivity index (χ1v) is 8.88. The van der Waals surface area contributed by atoms with Crippen LogP contribution >= 0.6 is 0 Å². The topological polar surface area (TPSA) is 68.8 Å². The predicted octanol–water partition coefficient (Wildman–Crippen LogP) is 3.63. The molecule has 2 aromatic carbocycles. The number of carbonyl (C=O) groups is 1. The molecule has 2 rings (SSSR count). The highest BCUT2D eigenvalue weighted by Gasteiger charge is 2.24. The van der Waals surface area contributed by atoms with E-state index in [1.165, 1.54) is 20.3 Å². The number of halogens is 1. The molecule has 0 radical (unpaired) electrons. The normalized spacial score (nSPS) is 10.9. The van der Waals surface area contributed by atoms with E-state index in [4.69, 9.17) is 14.2 Å². The Hall–Kier alpha value is -2.96. The van der Waals surface area contributed by atoms with E-state index in [-0.39, 0.29) is 24.9 Å². The molecule has 0 unspecified atom stereocenters. The smallest absolute Gasteiger partial charge is 0.315 e. The quantitative estimate of drug-likeness (QED) is 0.722. The van der Waals surface area contributed by atoms with Crippen LogP contribution in [0.25, 0.3) is 0 Å². The van der Waals surface area contributed by atoms with E-state index in [9.17, 15) is 9.18 Å². The second-order valence-corrected chi connectivity index (χ2v) is 6.91. The second kappa shape index (κ2) is 9.30. The summed E-state index contributed by atoms with van der Waals surface area (Å²) in [6.45, 7) is 4.22. The van der Waals surface area contributed by atoms with Crippen molar-refractivity contribution in [1.82, 2.24) is 10.6 Å². The fraction of sp³-hybridized carbons (Fsp3) is 0.381. The molecule has 0 aliphatic heterocycles. The Morgan fingerprint density at radius 3 is 2.14 bits per heavy atom. The maximum absolute atomic E-state index is 14.0. The lowest BCUT2D eigenvalue weighted by molar-refractivity contribution is 0.237. The third-order valence-electron chi connectivity index (χ3n) is 4.54. The summed E-state index contributed by atoms with van der Waals surface area (Å²) in [5, 5.41) is 5.57. The summed E-state index contributed by atoms with van der Waals surface area (Å²) < 4.78 is 30.0. The van der Waals surface area contributed by atoms with Gasteiger partial charge in [0, 0.05) is 24.1 Å². The van der Waals surface area contributed by atoms with E-state index in [0.717, 1.165) is 0 Å². The number of methoxy groups -OCH3 is 3. The van der Waals surface area contributed by atoms with Crippen molar-refractivity contribution in [2.45, 2.75) is 25.8 Å². The van der Waals surface area contributed by atoms with Gasteiger partial charge in [0.05, 0.1) is 33.4 Å². The van der Waals surface area contributed by atoms with Crippen LogP contribution in [0.1, 0.15) is 25.0 Å². The average molecular weight is 390 g/mol. The summed E-state index contributed by atoms with van der Waals surface area (Å²) in [6.07, 6.45) is 0. The van der Waals surface area contributed by atoms with Gasteiger partial charge in [0.2, 0.25) is 0 Å². The Kier molecular flexibility index (Phi) is 7.09. The van der Waals surface area contributed by atoms with Gasteiger partial charge in [-0.15, -0.1) is 0 Å². The number of urea groups is 1. The van der Waals surface area contributed by atoms with Crippen LogP contribution in [0.3, 0.4) is 0 Å². The SMILES string of the molecule is COc1cc(OC)c(CNC(=O)NCC(C)(C)c2ccccc2F)c(OC)c1. The molecule has 0 atom stereocenters. The molecule has 0 fully saturated rings. The molecule has 0 bridgehead atoms. The summed E-state index contributed by atoms with van der Waals surface area (Å²) in [7, 11) is 4.63. The van der Waals surface area contributed by atoms with Crippen LogP contribution in [-0.4, -0.2) is 33.9 Å². The number of hydrogen-bond acceptors (Lipinski definition) is 4. The second-order valence-electron chi connectivity index (χ2n) is 6.91. The minimum Gasteiger partial charge on any atom is -0.496 e. The molecule has 0 aliphatic carbocycles. The fourth-order valence-electron chi connectivity index (χ4n) is 2.89. The number of hydrogen-bond donors (Lipinski definition) is 2. The number of carbonyl (C=O) groups excluding carboxylic acids is 1. The molecule has 0 saturated heterocycles. The largest absolute Gasteiger partial charge is 0.496 e. The van der Waals surface area contributed by atoms with Crippen LogP contribution in [0.4, 0.5) is 9.18 Å². The van der Waals surface area contributed by atoms with Crippen LogP contribution in [0.15, 0.2) is 36.4 Å². The van der Waals surface area contributed by atoms with Gasteiger partial charge in [-0.3, -0.25) is 0 Å². The molecule has 28 heavy (non-hydrogen) atoms. The van der Waals surface area contributed by atoms with E-state index in [1.54, 1.807) is 37.4 Å². The Morgan fingerprint density at radius 2 is 1.61 bits per heavy atom. The van der Waals surface area contributed by atoms with Crippen LogP contribution in [-0.2, 0) is 12.0 Å². The highest BCUT2D eigenvalue weighted by atomic mass is 19.1. The minimum absolute atomic E-state index is 0.197. The van der Waals surface area contributed by atoms with Crippen LogP contribution < -0.4 is 24.8 Å². The molecule has 0 heterocycles. The fourth-order valence-corrected chi connectivity index (χ4v) is 2.89. The molecule has 2 aromatic rings. The molecule has 6 nitrogen and oxygen atoms in total. The maximum atomic E-state index is 14.0. The van der Waals surface area contributed by atoms with Crippen molar-refractivity contribution < 1.29 is 23.4 Å². The average Bonchev–Trinajstić information content (AvgIpc) is 2.70. The molecule has 0 aliphatic rings. The summed E-state index contributed by atoms with van der Waals surface area (Å²) in [6, 6.07) is 9.63. The number of rotatable bonds is 8.